The van der Waals surface area contributed by atoms with E-state index in [0.29, 0.717) is 35.6 Å². The Labute approximate surface area is 279 Å². The highest BCUT2D eigenvalue weighted by Crippen LogP contribution is 2.54. The van der Waals surface area contributed by atoms with Crippen LogP contribution in [-0.2, 0) is 12.8 Å². The predicted octanol–water partition coefficient (Wildman–Crippen LogP) is 6.67. The van der Waals surface area contributed by atoms with Crippen molar-refractivity contribution in [3.8, 4) is 5.75 Å². The second-order valence-electron chi connectivity index (χ2n) is 15.8. The Hall–Kier alpha value is -2.31. The van der Waals surface area contributed by atoms with E-state index in [9.17, 15) is 0 Å². The maximum atomic E-state index is 6.46. The van der Waals surface area contributed by atoms with Crippen LogP contribution < -0.4 is 20.7 Å². The first kappa shape index (κ1) is 28.7. The zero-order valence-electron chi connectivity index (χ0n) is 27.0. The molecule has 3 heterocycles. The van der Waals surface area contributed by atoms with Crippen molar-refractivity contribution in [3.63, 3.8) is 0 Å². The van der Waals surface area contributed by atoms with E-state index in [2.05, 4.69) is 101 Å². The van der Waals surface area contributed by atoms with Crippen molar-refractivity contribution in [2.45, 2.75) is 112 Å². The molecule has 5 aliphatic carbocycles. The Morgan fingerprint density at radius 2 is 1.65 bits per heavy atom. The molecule has 0 radical (unpaired) electrons. The van der Waals surface area contributed by atoms with E-state index in [1.165, 1.54) is 81.8 Å². The van der Waals surface area contributed by atoms with Gasteiger partial charge in [0.2, 0.25) is 0 Å². The van der Waals surface area contributed by atoms with Gasteiger partial charge in [0, 0.05) is 27.9 Å². The van der Waals surface area contributed by atoms with E-state index < -0.39 is 0 Å². The first-order valence-corrected chi connectivity index (χ1v) is 19.7. The van der Waals surface area contributed by atoms with Crippen LogP contribution in [0.5, 0.6) is 5.75 Å². The number of benzene rings is 2. The van der Waals surface area contributed by atoms with Crippen molar-refractivity contribution >= 4 is 17.8 Å². The van der Waals surface area contributed by atoms with E-state index in [-0.39, 0.29) is 6.10 Å². The van der Waals surface area contributed by atoms with Gasteiger partial charge in [-0.3, -0.25) is 10.6 Å². The summed E-state index contributed by atoms with van der Waals surface area (Å²) in [6.07, 6.45) is 30.8. The number of thioether (sulfide) groups is 1. The van der Waals surface area contributed by atoms with Crippen molar-refractivity contribution in [3.05, 3.63) is 94.6 Å². The summed E-state index contributed by atoms with van der Waals surface area (Å²) in [5.41, 5.74) is 7.55. The normalized spacial score (nSPS) is 40.7. The first-order valence-electron chi connectivity index (χ1n) is 18.7. The minimum Gasteiger partial charge on any atom is -0.485 e. The maximum absolute atomic E-state index is 6.46. The van der Waals surface area contributed by atoms with Crippen molar-refractivity contribution < 1.29 is 10.1 Å². The number of allylic oxidation sites excluding steroid dienone is 3. The summed E-state index contributed by atoms with van der Waals surface area (Å²) in [6.45, 7) is 0. The molecule has 0 aromatic heterocycles. The molecule has 11 atom stereocenters. The Balaban J connectivity index is 0.938. The van der Waals surface area contributed by atoms with Crippen LogP contribution in [0, 0.1) is 29.6 Å². The van der Waals surface area contributed by atoms with Crippen molar-refractivity contribution in [1.82, 2.24) is 10.6 Å². The van der Waals surface area contributed by atoms with Crippen LogP contribution in [0.15, 0.2) is 66.8 Å². The van der Waals surface area contributed by atoms with Crippen LogP contribution in [0.3, 0.4) is 0 Å². The van der Waals surface area contributed by atoms with Gasteiger partial charge < -0.3 is 10.1 Å². The monoisotopic (exact) mass is 632 g/mol. The molecular weight excluding hydrogens is 583 g/mol. The summed E-state index contributed by atoms with van der Waals surface area (Å²) in [5.74, 6) is 5.19. The molecule has 2 aromatic carbocycles. The molecule has 0 bridgehead atoms. The lowest BCUT2D eigenvalue weighted by Gasteiger charge is -2.48. The Morgan fingerprint density at radius 1 is 0.783 bits per heavy atom. The number of hydrogen-bond donors (Lipinski definition) is 3. The van der Waals surface area contributed by atoms with E-state index >= 15 is 0 Å². The van der Waals surface area contributed by atoms with E-state index in [4.69, 9.17) is 4.74 Å². The van der Waals surface area contributed by atoms with Crippen LogP contribution in [0.1, 0.15) is 91.5 Å². The molecule has 2 saturated heterocycles. The summed E-state index contributed by atoms with van der Waals surface area (Å²) < 4.78 is 6.46. The number of hydrogen-bond acceptors (Lipinski definition) is 4. The summed E-state index contributed by atoms with van der Waals surface area (Å²) in [6, 6.07) is 13.6. The quantitative estimate of drug-likeness (QED) is 0.354. The number of ether oxygens (including phenoxy) is 1. The number of para-hydroxylation sites is 1. The molecule has 0 spiro atoms. The fourth-order valence-corrected chi connectivity index (χ4v) is 13.3. The van der Waals surface area contributed by atoms with Crippen molar-refractivity contribution in [1.29, 1.82) is 0 Å². The summed E-state index contributed by atoms with van der Waals surface area (Å²) in [4.78, 5) is 0. The smallest absolute Gasteiger partial charge is 0.146 e. The minimum atomic E-state index is 0.130. The average Bonchev–Trinajstić information content (AvgIpc) is 3.70. The fraction of sp³-hybridized carbons (Fsp3) is 0.561. The fourth-order valence-electron chi connectivity index (χ4n) is 11.3. The summed E-state index contributed by atoms with van der Waals surface area (Å²) in [5, 5.41) is 12.9. The maximum Gasteiger partial charge on any atom is 0.146 e. The Bertz CT molecular complexity index is 1580. The predicted molar refractivity (Wildman–Crippen MR) is 188 cm³/mol. The van der Waals surface area contributed by atoms with Gasteiger partial charge in [0.15, 0.2) is 0 Å². The zero-order valence-corrected chi connectivity index (χ0v) is 27.8. The van der Waals surface area contributed by atoms with Gasteiger partial charge in [0.1, 0.15) is 24.2 Å². The largest absolute Gasteiger partial charge is 0.485 e. The van der Waals surface area contributed by atoms with Gasteiger partial charge in [0.05, 0.1) is 12.1 Å². The molecule has 240 valence electrons. The lowest BCUT2D eigenvalue weighted by atomic mass is 9.71. The molecule has 5 heteroatoms. The third kappa shape index (κ3) is 4.74. The van der Waals surface area contributed by atoms with Gasteiger partial charge in [-0.15, -0.1) is 11.8 Å². The molecule has 4 N–H and O–H groups in total. The van der Waals surface area contributed by atoms with Crippen LogP contribution in [0.4, 0.5) is 0 Å². The Morgan fingerprint density at radius 3 is 2.61 bits per heavy atom. The molecule has 3 aliphatic heterocycles. The number of nitrogens with two attached hydrogens (primary N) is 1. The molecule has 0 amide bonds. The van der Waals surface area contributed by atoms with E-state index in [1.54, 1.807) is 16.7 Å². The highest BCUT2D eigenvalue weighted by Gasteiger charge is 2.52. The van der Waals surface area contributed by atoms with Crippen LogP contribution in [0.2, 0.25) is 0 Å². The SMILES string of the molecule is C1=CC2SC3C(C4NC(C5CCc6c(ccc7c6C6c8ccccc8OC6C=C7)C5)NC(C5CCCCC5)[NH2+]4)CCCC3C2C=C1. The third-order valence-electron chi connectivity index (χ3n) is 13.5. The molecule has 10 rings (SSSR count). The summed E-state index contributed by atoms with van der Waals surface area (Å²) >= 11 is 2.33. The average molecular weight is 633 g/mol. The molecule has 46 heavy (non-hydrogen) atoms. The molecule has 11 unspecified atom stereocenters. The standard InChI is InChI=1S/C41H49N3OS/c1-2-9-25(10-3-1)39-42-40(44-41(43-39)32-14-8-13-30-29-11-5-7-16-35(29)46-38(30)32)27-19-21-28-26(23-27)18-17-24-20-22-34-37(36(24)28)31-12-4-6-15-33(31)45-34/h4-7,11-12,15-18,20,22,25,27,29-30,32,34-35,37-44H,1-3,8-10,13-14,19,21,23H2/p+1. The van der Waals surface area contributed by atoms with Crippen molar-refractivity contribution in [2.75, 3.05) is 0 Å². The van der Waals surface area contributed by atoms with Gasteiger partial charge in [-0.25, -0.2) is 0 Å². The second-order valence-corrected chi connectivity index (χ2v) is 17.2. The lowest BCUT2D eigenvalue weighted by molar-refractivity contribution is -0.755. The van der Waals surface area contributed by atoms with Crippen LogP contribution in [0.25, 0.3) is 6.08 Å². The van der Waals surface area contributed by atoms with Gasteiger partial charge >= 0.3 is 0 Å². The van der Waals surface area contributed by atoms with Gasteiger partial charge in [-0.2, -0.15) is 0 Å². The first-order chi connectivity index (χ1) is 22.8. The number of quaternary nitrogens is 1. The lowest BCUT2D eigenvalue weighted by Crippen LogP contribution is -3.07. The van der Waals surface area contributed by atoms with Gasteiger partial charge in [-0.05, 0) is 97.1 Å². The number of rotatable bonds is 3. The van der Waals surface area contributed by atoms with Crippen LogP contribution in [-0.4, -0.2) is 35.1 Å². The molecule has 4 nitrogen and oxygen atoms in total. The van der Waals surface area contributed by atoms with Gasteiger partial charge in [-0.1, -0.05) is 86.4 Å². The highest BCUT2D eigenvalue weighted by atomic mass is 32.2. The van der Waals surface area contributed by atoms with Gasteiger partial charge in [0.25, 0.3) is 0 Å². The second kappa shape index (κ2) is 11.7. The molecule has 2 saturated carbocycles. The molecule has 8 aliphatic rings. The Kier molecular flexibility index (Phi) is 7.28. The highest BCUT2D eigenvalue weighted by molar-refractivity contribution is 8.01. The summed E-state index contributed by atoms with van der Waals surface area (Å²) in [7, 11) is 0. The molecule has 4 fully saturated rings. The van der Waals surface area contributed by atoms with Crippen LogP contribution >= 0.6 is 11.8 Å². The van der Waals surface area contributed by atoms with E-state index in [0.717, 1.165) is 34.7 Å². The number of nitrogens with one attached hydrogen (secondary N) is 2. The minimum absolute atomic E-state index is 0.130. The zero-order chi connectivity index (χ0) is 30.2. The molecule has 2 aromatic rings. The number of fused-ring (bicyclic) bond motifs is 10. The van der Waals surface area contributed by atoms with Crippen molar-refractivity contribution in [2.24, 2.45) is 29.6 Å². The topological polar surface area (TPSA) is 49.9 Å². The molecular formula is C41H50N3OS+. The third-order valence-corrected chi connectivity index (χ3v) is 15.3. The van der Waals surface area contributed by atoms with E-state index in [1.807, 2.05) is 0 Å².